The molecule has 0 aromatic heterocycles. The Morgan fingerprint density at radius 1 is 1.08 bits per heavy atom. The summed E-state index contributed by atoms with van der Waals surface area (Å²) in [6, 6.07) is 0.894. The minimum Gasteiger partial charge on any atom is -0.497 e. The van der Waals surface area contributed by atoms with Gasteiger partial charge >= 0.3 is 11.4 Å². The van der Waals surface area contributed by atoms with E-state index in [0.29, 0.717) is 25.2 Å². The van der Waals surface area contributed by atoms with Gasteiger partial charge in [-0.3, -0.25) is 30.3 Å². The number of aromatic hydroxyl groups is 1. The Bertz CT molecular complexity index is 608. The van der Waals surface area contributed by atoms with Gasteiger partial charge in [0.15, 0.2) is 0 Å². The van der Waals surface area contributed by atoms with Crippen molar-refractivity contribution in [3.8, 4) is 5.75 Å². The van der Waals surface area contributed by atoms with Gasteiger partial charge in [0, 0.05) is 19.6 Å². The second kappa shape index (κ2) is 9.41. The summed E-state index contributed by atoms with van der Waals surface area (Å²) in [5.74, 6) is -1.21. The Morgan fingerprint density at radius 2 is 1.52 bits per heavy atom. The highest BCUT2D eigenvalue weighted by molar-refractivity contribution is 5.64. The van der Waals surface area contributed by atoms with Crippen LogP contribution in [0, 0.1) is 30.3 Å². The van der Waals surface area contributed by atoms with Crippen LogP contribution in [0.15, 0.2) is 12.1 Å². The van der Waals surface area contributed by atoms with Crippen LogP contribution in [0.5, 0.6) is 5.75 Å². The summed E-state index contributed by atoms with van der Waals surface area (Å²) < 4.78 is 0. The lowest BCUT2D eigenvalue weighted by atomic mass is 10.1. The van der Waals surface area contributed by atoms with E-state index in [1.807, 2.05) is 0 Å². The Hall–Kier alpha value is -2.90. The fourth-order valence-corrected chi connectivity index (χ4v) is 1.47. The van der Waals surface area contributed by atoms with Crippen molar-refractivity contribution in [3.05, 3.63) is 42.5 Å². The number of nitrogens with two attached hydrogens (primary N) is 1. The quantitative estimate of drug-likeness (QED) is 0.299. The molecule has 0 saturated carbocycles. The molecular formula is C12H19N5O8. The number of rotatable bonds is 7. The topological polar surface area (TPSA) is 208 Å². The third-order valence-electron chi connectivity index (χ3n) is 2.54. The van der Waals surface area contributed by atoms with Gasteiger partial charge in [0.1, 0.15) is 0 Å². The lowest BCUT2D eigenvalue weighted by Crippen LogP contribution is -2.36. The maximum Gasteiger partial charge on any atom is 0.324 e. The number of nitrogens with zero attached hydrogens (tertiary/aromatic N) is 3. The van der Waals surface area contributed by atoms with Gasteiger partial charge in [0.25, 0.3) is 11.4 Å². The van der Waals surface area contributed by atoms with Crippen LogP contribution in [-0.2, 0) is 0 Å². The maximum absolute atomic E-state index is 10.4. The van der Waals surface area contributed by atoms with Crippen molar-refractivity contribution in [2.45, 2.75) is 19.4 Å². The number of nitrogens with one attached hydrogen (secondary N) is 1. The number of non-ortho nitro benzene ring substituents is 1. The van der Waals surface area contributed by atoms with Crippen LogP contribution >= 0.6 is 0 Å². The number of phenols is 1. The van der Waals surface area contributed by atoms with Crippen molar-refractivity contribution in [3.63, 3.8) is 0 Å². The number of nitro benzene ring substituents is 3. The van der Waals surface area contributed by atoms with Crippen molar-refractivity contribution in [1.82, 2.24) is 5.32 Å². The molecule has 0 unspecified atom stereocenters. The number of hydrogen-bond acceptors (Lipinski definition) is 10. The number of phenolic OH excluding ortho intramolecular Hbond substituents is 1. The molecule has 13 nitrogen and oxygen atoms in total. The minimum atomic E-state index is -1.21. The third kappa shape index (κ3) is 7.96. The highest BCUT2D eigenvalue weighted by Gasteiger charge is 2.30. The molecule has 13 heteroatoms. The van der Waals surface area contributed by atoms with E-state index < -0.39 is 43.2 Å². The van der Waals surface area contributed by atoms with E-state index in [-0.39, 0.29) is 0 Å². The van der Waals surface area contributed by atoms with E-state index in [1.54, 1.807) is 13.8 Å². The van der Waals surface area contributed by atoms with Gasteiger partial charge in [-0.05, 0) is 13.8 Å². The average Bonchev–Trinajstić information content (AvgIpc) is 2.46. The predicted octanol–water partition coefficient (Wildman–Crippen LogP) is 0.422. The molecule has 0 heterocycles. The largest absolute Gasteiger partial charge is 0.497 e. The Kier molecular flexibility index (Phi) is 8.32. The number of hydrogen-bond donors (Lipinski definition) is 4. The molecule has 1 aromatic rings. The van der Waals surface area contributed by atoms with Crippen LogP contribution in [0.2, 0.25) is 0 Å². The molecule has 0 saturated heterocycles. The van der Waals surface area contributed by atoms with Gasteiger partial charge in [-0.25, -0.2) is 0 Å². The molecule has 1 aromatic carbocycles. The van der Waals surface area contributed by atoms with Gasteiger partial charge in [-0.15, -0.1) is 0 Å². The molecule has 0 bridgehead atoms. The lowest BCUT2D eigenvalue weighted by Gasteiger charge is -2.16. The molecular weight excluding hydrogens is 342 g/mol. The zero-order chi connectivity index (χ0) is 19.8. The normalized spacial score (nSPS) is 10.6. The monoisotopic (exact) mass is 361 g/mol. The van der Waals surface area contributed by atoms with Gasteiger partial charge in [-0.1, -0.05) is 0 Å². The van der Waals surface area contributed by atoms with E-state index in [4.69, 9.17) is 15.9 Å². The molecule has 0 aliphatic rings. The molecule has 0 aliphatic heterocycles. The molecule has 0 fully saturated rings. The molecule has 0 radical (unpaired) electrons. The van der Waals surface area contributed by atoms with E-state index in [1.165, 1.54) is 0 Å². The first-order valence-electron chi connectivity index (χ1n) is 6.84. The van der Waals surface area contributed by atoms with Gasteiger partial charge in [0.2, 0.25) is 0 Å². The first-order valence-corrected chi connectivity index (χ1v) is 6.84. The van der Waals surface area contributed by atoms with E-state index in [9.17, 15) is 30.3 Å². The first kappa shape index (κ1) is 22.1. The van der Waals surface area contributed by atoms with Crippen molar-refractivity contribution in [2.75, 3.05) is 19.6 Å². The number of benzene rings is 1. The van der Waals surface area contributed by atoms with Crippen LogP contribution in [0.1, 0.15) is 13.8 Å². The molecule has 5 N–H and O–H groups in total. The highest BCUT2D eigenvalue weighted by atomic mass is 16.6. The summed E-state index contributed by atoms with van der Waals surface area (Å²) in [6.45, 7) is 5.51. The van der Waals surface area contributed by atoms with Gasteiger partial charge in [0.05, 0.1) is 32.5 Å². The molecule has 0 spiro atoms. The summed E-state index contributed by atoms with van der Waals surface area (Å²) in [5.41, 5.74) is 1.60. The number of aliphatic hydroxyl groups is 1. The Morgan fingerprint density at radius 3 is 1.80 bits per heavy atom. The average molecular weight is 361 g/mol. The second-order valence-electron chi connectivity index (χ2n) is 5.38. The van der Waals surface area contributed by atoms with Crippen molar-refractivity contribution < 1.29 is 25.0 Å². The summed E-state index contributed by atoms with van der Waals surface area (Å²) in [5, 5.41) is 52.4. The fraction of sp³-hybridized carbons (Fsp3) is 0.500. The minimum absolute atomic E-state index is 0.447. The van der Waals surface area contributed by atoms with E-state index in [2.05, 4.69) is 5.32 Å². The van der Waals surface area contributed by atoms with Crippen molar-refractivity contribution in [2.24, 2.45) is 5.73 Å². The molecule has 0 aliphatic carbocycles. The summed E-state index contributed by atoms with van der Waals surface area (Å²) in [6.07, 6.45) is 0. The smallest absolute Gasteiger partial charge is 0.324 e. The van der Waals surface area contributed by atoms with Gasteiger partial charge < -0.3 is 21.3 Å². The summed E-state index contributed by atoms with van der Waals surface area (Å²) in [4.78, 5) is 27.8. The zero-order valence-electron chi connectivity index (χ0n) is 13.5. The molecule has 140 valence electrons. The highest BCUT2D eigenvalue weighted by Crippen LogP contribution is 2.38. The standard InChI is InChI=1S/C6H3N3O7.C6H16N2O/c10-6-4(8(13)14)1-3(7(11)12)2-5(6)9(15)16;1-6(2,9)5-8-4-3-7/h1-2,10H;8-9H,3-5,7H2,1-2H3. The summed E-state index contributed by atoms with van der Waals surface area (Å²) in [7, 11) is 0. The number of nitro groups is 3. The van der Waals surface area contributed by atoms with Gasteiger partial charge in [-0.2, -0.15) is 0 Å². The Labute approximate surface area is 141 Å². The Balaban J connectivity index is 0.000000547. The lowest BCUT2D eigenvalue weighted by molar-refractivity contribution is -0.404. The maximum atomic E-state index is 10.4. The van der Waals surface area contributed by atoms with Crippen LogP contribution in [0.4, 0.5) is 17.1 Å². The van der Waals surface area contributed by atoms with Crippen LogP contribution < -0.4 is 11.1 Å². The third-order valence-corrected chi connectivity index (χ3v) is 2.54. The molecule has 0 amide bonds. The molecule has 0 atom stereocenters. The van der Waals surface area contributed by atoms with Crippen LogP contribution in [-0.4, -0.2) is 50.2 Å². The van der Waals surface area contributed by atoms with E-state index >= 15 is 0 Å². The van der Waals surface area contributed by atoms with Crippen molar-refractivity contribution >= 4 is 17.1 Å². The van der Waals surface area contributed by atoms with Crippen LogP contribution in [0.25, 0.3) is 0 Å². The second-order valence-corrected chi connectivity index (χ2v) is 5.38. The van der Waals surface area contributed by atoms with Crippen molar-refractivity contribution in [1.29, 1.82) is 0 Å². The summed E-state index contributed by atoms with van der Waals surface area (Å²) >= 11 is 0. The van der Waals surface area contributed by atoms with E-state index in [0.717, 1.165) is 6.54 Å². The SMILES string of the molecule is CC(C)(O)CNCCN.O=[N+]([O-])c1cc([N+](=O)[O-])c(O)c([N+](=O)[O-])c1. The molecule has 1 rings (SSSR count). The predicted molar refractivity (Wildman–Crippen MR) is 86.3 cm³/mol. The van der Waals surface area contributed by atoms with Crippen LogP contribution in [0.3, 0.4) is 0 Å². The fourth-order valence-electron chi connectivity index (χ4n) is 1.47. The zero-order valence-corrected chi connectivity index (χ0v) is 13.5. The first-order chi connectivity index (χ1) is 11.4. The molecule has 25 heavy (non-hydrogen) atoms.